The number of nitrogens with one attached hydrogen (secondary N) is 2. The minimum absolute atomic E-state index is 0.258. The number of halogens is 1. The van der Waals surface area contributed by atoms with Gasteiger partial charge in [-0.1, -0.05) is 36.4 Å². The van der Waals surface area contributed by atoms with E-state index in [9.17, 15) is 9.18 Å². The van der Waals surface area contributed by atoms with Gasteiger partial charge in [0.15, 0.2) is 0 Å². The number of ether oxygens (including phenoxy) is 1. The third-order valence-electron chi connectivity index (χ3n) is 3.88. The predicted molar refractivity (Wildman–Crippen MR) is 98.7 cm³/mol. The largest absolute Gasteiger partial charge is 0.489 e. The first-order valence-electron chi connectivity index (χ1n) is 8.46. The van der Waals surface area contributed by atoms with E-state index in [4.69, 9.17) is 4.74 Å². The molecule has 0 saturated heterocycles. The molecule has 0 aliphatic carbocycles. The molecule has 26 heavy (non-hydrogen) atoms. The van der Waals surface area contributed by atoms with E-state index in [0.29, 0.717) is 37.4 Å². The maximum Gasteiger partial charge on any atom is 0.314 e. The molecule has 0 unspecified atom stereocenters. The molecule has 0 spiro atoms. The Balaban J connectivity index is 1.38. The molecule has 6 heteroatoms. The summed E-state index contributed by atoms with van der Waals surface area (Å²) >= 11 is 0. The Morgan fingerprint density at radius 3 is 2.69 bits per heavy atom. The molecule has 3 aromatic rings. The van der Waals surface area contributed by atoms with Gasteiger partial charge in [-0.2, -0.15) is 0 Å². The van der Waals surface area contributed by atoms with Crippen molar-refractivity contribution >= 4 is 16.9 Å². The number of hydrogen-bond acceptors (Lipinski definition) is 3. The fourth-order valence-electron chi connectivity index (χ4n) is 2.59. The first-order chi connectivity index (χ1) is 12.7. The lowest BCUT2D eigenvalue weighted by molar-refractivity contribution is 0.236. The number of urea groups is 1. The van der Waals surface area contributed by atoms with Crippen LogP contribution in [-0.2, 0) is 6.42 Å². The zero-order valence-corrected chi connectivity index (χ0v) is 14.2. The highest BCUT2D eigenvalue weighted by Gasteiger charge is 2.04. The number of para-hydroxylation sites is 1. The molecule has 0 aliphatic rings. The average Bonchev–Trinajstić information content (AvgIpc) is 2.67. The minimum atomic E-state index is -0.305. The molecular weight excluding hydrogens is 333 g/mol. The summed E-state index contributed by atoms with van der Waals surface area (Å²) in [5.41, 5.74) is 1.38. The fraction of sp³-hybridized carbons (Fsp3) is 0.200. The van der Waals surface area contributed by atoms with E-state index in [2.05, 4.69) is 15.6 Å². The molecular formula is C20H20FN3O2. The maximum absolute atomic E-state index is 13.5. The van der Waals surface area contributed by atoms with E-state index in [1.54, 1.807) is 24.4 Å². The molecule has 5 nitrogen and oxygen atoms in total. The van der Waals surface area contributed by atoms with Gasteiger partial charge in [-0.05, 0) is 30.2 Å². The monoisotopic (exact) mass is 353 g/mol. The highest BCUT2D eigenvalue weighted by atomic mass is 19.1. The summed E-state index contributed by atoms with van der Waals surface area (Å²) in [4.78, 5) is 16.1. The Morgan fingerprint density at radius 1 is 1.00 bits per heavy atom. The first-order valence-corrected chi connectivity index (χ1v) is 8.46. The van der Waals surface area contributed by atoms with Crippen LogP contribution in [0.1, 0.15) is 5.56 Å². The van der Waals surface area contributed by atoms with Gasteiger partial charge in [0.1, 0.15) is 23.7 Å². The third kappa shape index (κ3) is 4.69. The van der Waals surface area contributed by atoms with E-state index in [-0.39, 0.29) is 11.8 Å². The molecule has 1 aromatic heterocycles. The molecule has 0 radical (unpaired) electrons. The average molecular weight is 353 g/mol. The van der Waals surface area contributed by atoms with Crippen molar-refractivity contribution in [3.63, 3.8) is 0 Å². The fourth-order valence-corrected chi connectivity index (χ4v) is 2.59. The minimum Gasteiger partial charge on any atom is -0.489 e. The third-order valence-corrected chi connectivity index (χ3v) is 3.88. The summed E-state index contributed by atoms with van der Waals surface area (Å²) in [6, 6.07) is 15.8. The van der Waals surface area contributed by atoms with E-state index < -0.39 is 0 Å². The second-order valence-electron chi connectivity index (χ2n) is 5.70. The number of carbonyl (C=O) groups is 1. The molecule has 2 N–H and O–H groups in total. The Morgan fingerprint density at radius 2 is 1.81 bits per heavy atom. The second kappa shape index (κ2) is 8.80. The summed E-state index contributed by atoms with van der Waals surface area (Å²) in [5.74, 6) is 0.427. The van der Waals surface area contributed by atoms with Gasteiger partial charge in [0.25, 0.3) is 0 Å². The summed E-state index contributed by atoms with van der Waals surface area (Å²) in [6.45, 7) is 1.05. The van der Waals surface area contributed by atoms with Crippen molar-refractivity contribution in [3.8, 4) is 5.75 Å². The Hall–Kier alpha value is -3.15. The summed E-state index contributed by atoms with van der Waals surface area (Å²) < 4.78 is 19.2. The Bertz CT molecular complexity index is 880. The highest BCUT2D eigenvalue weighted by molar-refractivity contribution is 5.84. The lowest BCUT2D eigenvalue weighted by atomic mass is 10.1. The topological polar surface area (TPSA) is 63.2 Å². The van der Waals surface area contributed by atoms with Crippen LogP contribution in [0, 0.1) is 5.82 Å². The number of aromatic nitrogens is 1. The Labute approximate surface area is 151 Å². The number of amides is 2. The standard InChI is InChI=1S/C20H20FN3O2/c21-17-8-2-1-5-15(17)10-12-23-20(25)24-13-14-26-18-9-3-6-16-7-4-11-22-19(16)18/h1-9,11H,10,12-14H2,(H2,23,24,25). The summed E-state index contributed by atoms with van der Waals surface area (Å²) in [5, 5.41) is 6.42. The molecule has 3 rings (SSSR count). The quantitative estimate of drug-likeness (QED) is 0.641. The van der Waals surface area contributed by atoms with Crippen molar-refractivity contribution in [2.45, 2.75) is 6.42 Å². The smallest absolute Gasteiger partial charge is 0.314 e. The zero-order valence-electron chi connectivity index (χ0n) is 14.2. The molecule has 1 heterocycles. The highest BCUT2D eigenvalue weighted by Crippen LogP contribution is 2.22. The zero-order chi connectivity index (χ0) is 18.2. The molecule has 134 valence electrons. The van der Waals surface area contributed by atoms with E-state index >= 15 is 0 Å². The lowest BCUT2D eigenvalue weighted by Crippen LogP contribution is -2.38. The van der Waals surface area contributed by atoms with Gasteiger partial charge >= 0.3 is 6.03 Å². The predicted octanol–water partition coefficient (Wildman–Crippen LogP) is 3.29. The number of fused-ring (bicyclic) bond motifs is 1. The van der Waals surface area contributed by atoms with Crippen LogP contribution in [0.2, 0.25) is 0 Å². The second-order valence-corrected chi connectivity index (χ2v) is 5.70. The first kappa shape index (κ1) is 17.7. The van der Waals surface area contributed by atoms with Gasteiger partial charge in [-0.25, -0.2) is 9.18 Å². The van der Waals surface area contributed by atoms with E-state index in [1.807, 2.05) is 30.3 Å². The van der Waals surface area contributed by atoms with Crippen LogP contribution in [-0.4, -0.2) is 30.7 Å². The van der Waals surface area contributed by atoms with Gasteiger partial charge in [0.05, 0.1) is 6.54 Å². The number of rotatable bonds is 7. The van der Waals surface area contributed by atoms with Crippen molar-refractivity contribution in [1.29, 1.82) is 0 Å². The van der Waals surface area contributed by atoms with Crippen LogP contribution in [0.3, 0.4) is 0 Å². The van der Waals surface area contributed by atoms with Gasteiger partial charge in [0.2, 0.25) is 0 Å². The summed E-state index contributed by atoms with van der Waals surface area (Å²) in [6.07, 6.45) is 2.16. The van der Waals surface area contributed by atoms with Gasteiger partial charge in [-0.3, -0.25) is 4.98 Å². The number of hydrogen-bond donors (Lipinski definition) is 2. The maximum atomic E-state index is 13.5. The van der Waals surface area contributed by atoms with Crippen molar-refractivity contribution in [3.05, 3.63) is 72.2 Å². The van der Waals surface area contributed by atoms with Gasteiger partial charge in [0, 0.05) is 18.1 Å². The van der Waals surface area contributed by atoms with Crippen LogP contribution in [0.4, 0.5) is 9.18 Å². The van der Waals surface area contributed by atoms with E-state index in [0.717, 1.165) is 10.9 Å². The lowest BCUT2D eigenvalue weighted by Gasteiger charge is -2.10. The number of pyridine rings is 1. The molecule has 0 atom stereocenters. The summed E-state index contributed by atoms with van der Waals surface area (Å²) in [7, 11) is 0. The number of carbonyl (C=O) groups excluding carboxylic acids is 1. The molecule has 0 aliphatic heterocycles. The van der Waals surface area contributed by atoms with Crippen molar-refractivity contribution < 1.29 is 13.9 Å². The normalized spacial score (nSPS) is 10.5. The SMILES string of the molecule is O=C(NCCOc1cccc2cccnc12)NCCc1ccccc1F. The van der Waals surface area contributed by atoms with Crippen LogP contribution in [0.25, 0.3) is 10.9 Å². The van der Waals surface area contributed by atoms with Gasteiger partial charge in [-0.15, -0.1) is 0 Å². The van der Waals surface area contributed by atoms with Crippen molar-refractivity contribution in [2.24, 2.45) is 0 Å². The molecule has 0 fully saturated rings. The van der Waals surface area contributed by atoms with Crippen molar-refractivity contribution in [1.82, 2.24) is 15.6 Å². The van der Waals surface area contributed by atoms with Gasteiger partial charge < -0.3 is 15.4 Å². The van der Waals surface area contributed by atoms with E-state index in [1.165, 1.54) is 6.07 Å². The van der Waals surface area contributed by atoms with Crippen LogP contribution >= 0.6 is 0 Å². The molecule has 0 saturated carbocycles. The molecule has 2 aromatic carbocycles. The molecule has 2 amide bonds. The van der Waals surface area contributed by atoms with Crippen LogP contribution in [0.15, 0.2) is 60.8 Å². The number of benzene rings is 2. The van der Waals surface area contributed by atoms with Crippen LogP contribution < -0.4 is 15.4 Å². The van der Waals surface area contributed by atoms with Crippen molar-refractivity contribution in [2.75, 3.05) is 19.7 Å². The molecule has 0 bridgehead atoms. The van der Waals surface area contributed by atoms with Crippen LogP contribution in [0.5, 0.6) is 5.75 Å². The number of nitrogens with zero attached hydrogens (tertiary/aromatic N) is 1. The Kier molecular flexibility index (Phi) is 5.98.